The minimum Gasteiger partial charge on any atom is -0.346 e. The van der Waals surface area contributed by atoms with Gasteiger partial charge in [0.2, 0.25) is 10.0 Å². The average Bonchev–Trinajstić information content (AvgIpc) is 2.88. The van der Waals surface area contributed by atoms with Gasteiger partial charge in [-0.25, -0.2) is 22.7 Å². The fourth-order valence-corrected chi connectivity index (χ4v) is 3.47. The molecule has 7 nitrogen and oxygen atoms in total. The fraction of sp³-hybridized carbons (Fsp3) is 0.333. The van der Waals surface area contributed by atoms with E-state index in [2.05, 4.69) is 19.9 Å². The van der Waals surface area contributed by atoms with E-state index < -0.39 is 10.0 Å². The van der Waals surface area contributed by atoms with E-state index in [0.717, 1.165) is 27.9 Å². The van der Waals surface area contributed by atoms with Crippen LogP contribution in [0, 0.1) is 0 Å². The van der Waals surface area contributed by atoms with Crippen molar-refractivity contribution >= 4 is 32.1 Å². The van der Waals surface area contributed by atoms with E-state index >= 15 is 0 Å². The Kier molecular flexibility index (Phi) is 2.25. The van der Waals surface area contributed by atoms with Gasteiger partial charge in [0.1, 0.15) is 17.0 Å². The van der Waals surface area contributed by atoms with Crippen molar-refractivity contribution in [3.8, 4) is 0 Å². The molecule has 0 bridgehead atoms. The number of aromatic amines is 2. The average molecular weight is 291 g/mol. The minimum absolute atomic E-state index is 0.131. The summed E-state index contributed by atoms with van der Waals surface area (Å²) in [5, 5.41) is 0.976. The van der Waals surface area contributed by atoms with Gasteiger partial charge in [0, 0.05) is 30.6 Å². The topological polar surface area (TPSA) is 94.7 Å². The van der Waals surface area contributed by atoms with Crippen LogP contribution in [0.5, 0.6) is 0 Å². The Morgan fingerprint density at radius 3 is 2.95 bits per heavy atom. The van der Waals surface area contributed by atoms with Crippen LogP contribution in [0.25, 0.3) is 22.1 Å². The molecule has 104 valence electrons. The lowest BCUT2D eigenvalue weighted by molar-refractivity contribution is 0.259. The fourth-order valence-electron chi connectivity index (χ4n) is 2.57. The number of rotatable bonds is 2. The number of fused-ring (bicyclic) bond motifs is 3. The highest BCUT2D eigenvalue weighted by Gasteiger charge is 2.36. The van der Waals surface area contributed by atoms with Crippen molar-refractivity contribution in [2.45, 2.75) is 5.92 Å². The van der Waals surface area contributed by atoms with Gasteiger partial charge in [-0.05, 0) is 6.07 Å². The summed E-state index contributed by atoms with van der Waals surface area (Å²) in [6.45, 7) is 0.977. The molecule has 4 heterocycles. The van der Waals surface area contributed by atoms with Gasteiger partial charge in [-0.3, -0.25) is 0 Å². The van der Waals surface area contributed by atoms with Gasteiger partial charge in [-0.2, -0.15) is 0 Å². The second-order valence-corrected chi connectivity index (χ2v) is 7.14. The predicted octanol–water partition coefficient (Wildman–Crippen LogP) is 0.798. The van der Waals surface area contributed by atoms with Crippen LogP contribution < -0.4 is 0 Å². The molecule has 0 spiro atoms. The third kappa shape index (κ3) is 1.65. The minimum atomic E-state index is -3.09. The van der Waals surface area contributed by atoms with Crippen LogP contribution in [0.2, 0.25) is 0 Å². The number of aromatic nitrogens is 4. The van der Waals surface area contributed by atoms with E-state index in [-0.39, 0.29) is 5.92 Å². The van der Waals surface area contributed by atoms with E-state index in [0.29, 0.717) is 13.1 Å². The highest BCUT2D eigenvalue weighted by atomic mass is 32.2. The summed E-state index contributed by atoms with van der Waals surface area (Å²) in [5.74, 6) is 0.960. The van der Waals surface area contributed by atoms with Gasteiger partial charge in [0.05, 0.1) is 18.0 Å². The maximum atomic E-state index is 11.4. The summed E-state index contributed by atoms with van der Waals surface area (Å²) < 4.78 is 24.2. The summed E-state index contributed by atoms with van der Waals surface area (Å²) in [6.07, 6.45) is 4.81. The quantitative estimate of drug-likeness (QED) is 0.730. The maximum absolute atomic E-state index is 11.4. The molecular formula is C12H13N5O2S. The molecule has 8 heteroatoms. The zero-order valence-electron chi connectivity index (χ0n) is 10.8. The van der Waals surface area contributed by atoms with Gasteiger partial charge >= 0.3 is 0 Å². The van der Waals surface area contributed by atoms with E-state index in [9.17, 15) is 8.42 Å². The molecule has 0 saturated carbocycles. The number of sulfonamides is 1. The number of nitrogens with one attached hydrogen (secondary N) is 2. The SMILES string of the molecule is CS(=O)(=O)N1CC(c2nc3c(cnc4[nH]ccc43)[nH]2)C1. The first kappa shape index (κ1) is 11.9. The van der Waals surface area contributed by atoms with Crippen molar-refractivity contribution in [1.29, 1.82) is 0 Å². The molecule has 20 heavy (non-hydrogen) atoms. The van der Waals surface area contributed by atoms with Gasteiger partial charge in [-0.1, -0.05) is 0 Å². The summed E-state index contributed by atoms with van der Waals surface area (Å²) >= 11 is 0. The Balaban J connectivity index is 1.72. The molecule has 3 aromatic heterocycles. The molecular weight excluding hydrogens is 278 g/mol. The molecule has 1 aliphatic heterocycles. The third-order valence-electron chi connectivity index (χ3n) is 3.76. The highest BCUT2D eigenvalue weighted by molar-refractivity contribution is 7.88. The lowest BCUT2D eigenvalue weighted by Gasteiger charge is -2.35. The van der Waals surface area contributed by atoms with Gasteiger partial charge in [0.25, 0.3) is 0 Å². The molecule has 1 fully saturated rings. The van der Waals surface area contributed by atoms with Gasteiger partial charge in [0.15, 0.2) is 0 Å². The summed E-state index contributed by atoms with van der Waals surface area (Å²) in [4.78, 5) is 15.2. The molecule has 0 radical (unpaired) electrons. The molecule has 4 rings (SSSR count). The smallest absolute Gasteiger partial charge is 0.211 e. The van der Waals surface area contributed by atoms with Crippen LogP contribution in [0.3, 0.4) is 0 Å². The molecule has 0 aliphatic carbocycles. The first-order valence-electron chi connectivity index (χ1n) is 6.29. The van der Waals surface area contributed by atoms with Crippen molar-refractivity contribution in [2.75, 3.05) is 19.3 Å². The Morgan fingerprint density at radius 2 is 2.20 bits per heavy atom. The van der Waals surface area contributed by atoms with Crippen LogP contribution in [-0.4, -0.2) is 52.0 Å². The third-order valence-corrected chi connectivity index (χ3v) is 4.99. The summed E-state index contributed by atoms with van der Waals surface area (Å²) in [7, 11) is -3.09. The summed E-state index contributed by atoms with van der Waals surface area (Å²) in [6, 6.07) is 1.94. The number of imidazole rings is 1. The Morgan fingerprint density at radius 1 is 1.40 bits per heavy atom. The van der Waals surface area contributed by atoms with Crippen molar-refractivity contribution in [3.63, 3.8) is 0 Å². The molecule has 3 aromatic rings. The monoisotopic (exact) mass is 291 g/mol. The highest BCUT2D eigenvalue weighted by Crippen LogP contribution is 2.29. The van der Waals surface area contributed by atoms with E-state index in [1.165, 1.54) is 10.6 Å². The number of pyridine rings is 1. The van der Waals surface area contributed by atoms with Crippen molar-refractivity contribution < 1.29 is 8.42 Å². The zero-order chi connectivity index (χ0) is 13.9. The Hall–Kier alpha value is -1.93. The van der Waals surface area contributed by atoms with Crippen LogP contribution >= 0.6 is 0 Å². The number of hydrogen-bond acceptors (Lipinski definition) is 4. The number of hydrogen-bond donors (Lipinski definition) is 2. The van der Waals surface area contributed by atoms with Crippen LogP contribution in [-0.2, 0) is 10.0 Å². The van der Waals surface area contributed by atoms with Crippen molar-refractivity contribution in [3.05, 3.63) is 24.3 Å². The second kappa shape index (κ2) is 3.80. The first-order chi connectivity index (χ1) is 9.52. The molecule has 1 saturated heterocycles. The normalized spacial score (nSPS) is 17.9. The van der Waals surface area contributed by atoms with Crippen LogP contribution in [0.1, 0.15) is 11.7 Å². The molecule has 0 amide bonds. The van der Waals surface area contributed by atoms with Gasteiger partial charge in [-0.15, -0.1) is 0 Å². The molecule has 0 unspecified atom stereocenters. The van der Waals surface area contributed by atoms with Crippen LogP contribution in [0.4, 0.5) is 0 Å². The summed E-state index contributed by atoms with van der Waals surface area (Å²) in [5.41, 5.74) is 2.57. The van der Waals surface area contributed by atoms with Crippen LogP contribution in [0.15, 0.2) is 18.5 Å². The van der Waals surface area contributed by atoms with E-state index in [1.807, 2.05) is 12.3 Å². The maximum Gasteiger partial charge on any atom is 0.211 e. The van der Waals surface area contributed by atoms with Gasteiger partial charge < -0.3 is 9.97 Å². The lowest BCUT2D eigenvalue weighted by Crippen LogP contribution is -2.48. The predicted molar refractivity (Wildman–Crippen MR) is 74.9 cm³/mol. The van der Waals surface area contributed by atoms with E-state index in [1.54, 1.807) is 6.20 Å². The standard InChI is InChI=1S/C12H13N5O2S/c1-20(18,19)17-5-7(6-17)11-15-9-4-14-12-8(2-3-13-12)10(9)16-11/h2-4,7H,5-6H2,1H3,(H,13,14)(H,15,16). The van der Waals surface area contributed by atoms with E-state index in [4.69, 9.17) is 0 Å². The number of nitrogens with zero attached hydrogens (tertiary/aromatic N) is 3. The van der Waals surface area contributed by atoms with Crippen molar-refractivity contribution in [2.24, 2.45) is 0 Å². The molecule has 0 atom stereocenters. The Bertz CT molecular complexity index is 904. The molecule has 1 aliphatic rings. The largest absolute Gasteiger partial charge is 0.346 e. The lowest BCUT2D eigenvalue weighted by atomic mass is 10.0. The Labute approximate surface area is 115 Å². The van der Waals surface area contributed by atoms with Crippen molar-refractivity contribution in [1.82, 2.24) is 24.2 Å². The first-order valence-corrected chi connectivity index (χ1v) is 8.14. The molecule has 0 aromatic carbocycles. The number of H-pyrrole nitrogens is 2. The zero-order valence-corrected chi connectivity index (χ0v) is 11.6. The molecule has 2 N–H and O–H groups in total. The second-order valence-electron chi connectivity index (χ2n) is 5.16.